The van der Waals surface area contributed by atoms with Gasteiger partial charge in [0.15, 0.2) is 0 Å². The number of nitrogens with zero attached hydrogens (tertiary/aromatic N) is 3. The van der Waals surface area contributed by atoms with E-state index in [9.17, 15) is 8.42 Å². The third-order valence-electron chi connectivity index (χ3n) is 3.85. The molecule has 0 aliphatic carbocycles. The van der Waals surface area contributed by atoms with Gasteiger partial charge in [0.2, 0.25) is 21.8 Å². The highest BCUT2D eigenvalue weighted by Crippen LogP contribution is 2.31. The lowest BCUT2D eigenvalue weighted by Crippen LogP contribution is -2.43. The van der Waals surface area contributed by atoms with Gasteiger partial charge < -0.3 is 9.15 Å². The Morgan fingerprint density at radius 2 is 2.09 bits per heavy atom. The molecule has 1 unspecified atom stereocenters. The van der Waals surface area contributed by atoms with E-state index in [-0.39, 0.29) is 19.0 Å². The lowest BCUT2D eigenvalue weighted by atomic mass is 10.2. The molecule has 0 bridgehead atoms. The molecule has 8 heteroatoms. The van der Waals surface area contributed by atoms with Crippen molar-refractivity contribution in [2.24, 2.45) is 0 Å². The number of rotatable bonds is 4. The third kappa shape index (κ3) is 3.01. The third-order valence-corrected chi connectivity index (χ3v) is 5.85. The van der Waals surface area contributed by atoms with Gasteiger partial charge in [-0.2, -0.15) is 4.31 Å². The van der Waals surface area contributed by atoms with Crippen molar-refractivity contribution in [2.45, 2.75) is 31.2 Å². The molecule has 0 amide bonds. The molecule has 1 aromatic heterocycles. The molecule has 2 aromatic rings. The van der Waals surface area contributed by atoms with E-state index < -0.39 is 16.1 Å². The van der Waals surface area contributed by atoms with Crippen LogP contribution in [0, 0.1) is 6.92 Å². The largest absolute Gasteiger partial charge is 0.424 e. The first-order chi connectivity index (χ1) is 11.0. The second kappa shape index (κ2) is 6.38. The van der Waals surface area contributed by atoms with Crippen LogP contribution in [-0.2, 0) is 21.2 Å². The zero-order chi connectivity index (χ0) is 16.4. The number of benzene rings is 1. The summed E-state index contributed by atoms with van der Waals surface area (Å²) >= 11 is 0. The van der Waals surface area contributed by atoms with Gasteiger partial charge in [0.25, 0.3) is 0 Å². The van der Waals surface area contributed by atoms with Gasteiger partial charge in [-0.25, -0.2) is 8.42 Å². The first-order valence-electron chi connectivity index (χ1n) is 7.51. The minimum atomic E-state index is -3.67. The van der Waals surface area contributed by atoms with Gasteiger partial charge in [-0.15, -0.1) is 10.2 Å². The Kier molecular flexibility index (Phi) is 4.47. The SMILES string of the molecule is CCc1ccccc1S(=O)(=O)N1CCOCC1c1nnc(C)o1. The van der Waals surface area contributed by atoms with E-state index in [4.69, 9.17) is 9.15 Å². The fourth-order valence-electron chi connectivity index (χ4n) is 2.69. The molecule has 23 heavy (non-hydrogen) atoms. The van der Waals surface area contributed by atoms with E-state index in [2.05, 4.69) is 10.2 Å². The number of hydrogen-bond donors (Lipinski definition) is 0. The Morgan fingerprint density at radius 1 is 1.30 bits per heavy atom. The van der Waals surface area contributed by atoms with Crippen LogP contribution < -0.4 is 0 Å². The maximum atomic E-state index is 13.1. The highest BCUT2D eigenvalue weighted by Gasteiger charge is 2.38. The molecule has 0 spiro atoms. The molecule has 1 atom stereocenters. The second-order valence-electron chi connectivity index (χ2n) is 5.33. The average molecular weight is 337 g/mol. The van der Waals surface area contributed by atoms with Crippen molar-refractivity contribution in [1.82, 2.24) is 14.5 Å². The Hall–Kier alpha value is -1.77. The Bertz CT molecular complexity index is 788. The molecule has 3 rings (SSSR count). The lowest BCUT2D eigenvalue weighted by Gasteiger charge is -2.32. The maximum Gasteiger partial charge on any atom is 0.244 e. The fraction of sp³-hybridized carbons (Fsp3) is 0.467. The second-order valence-corrected chi connectivity index (χ2v) is 7.19. The average Bonchev–Trinajstić information content (AvgIpc) is 3.01. The molecular weight excluding hydrogens is 318 g/mol. The first-order valence-corrected chi connectivity index (χ1v) is 8.95. The Balaban J connectivity index is 2.02. The van der Waals surface area contributed by atoms with Crippen LogP contribution in [0.1, 0.15) is 30.3 Å². The summed E-state index contributed by atoms with van der Waals surface area (Å²) in [6.07, 6.45) is 0.643. The lowest BCUT2D eigenvalue weighted by molar-refractivity contribution is 0.0221. The topological polar surface area (TPSA) is 85.5 Å². The summed E-state index contributed by atoms with van der Waals surface area (Å²) in [4.78, 5) is 0.325. The normalized spacial score (nSPS) is 19.8. The van der Waals surface area contributed by atoms with Crippen LogP contribution in [0.4, 0.5) is 0 Å². The molecular formula is C15H19N3O4S. The van der Waals surface area contributed by atoms with Crippen molar-refractivity contribution >= 4 is 10.0 Å². The number of sulfonamides is 1. The van der Waals surface area contributed by atoms with Gasteiger partial charge in [0.1, 0.15) is 6.04 Å². The Labute approximate surface area is 135 Å². The molecule has 2 heterocycles. The van der Waals surface area contributed by atoms with E-state index in [1.165, 1.54) is 4.31 Å². The molecule has 0 radical (unpaired) electrons. The highest BCUT2D eigenvalue weighted by molar-refractivity contribution is 7.89. The van der Waals surface area contributed by atoms with Crippen molar-refractivity contribution < 1.29 is 17.6 Å². The van der Waals surface area contributed by atoms with Crippen LogP contribution in [0.25, 0.3) is 0 Å². The summed E-state index contributed by atoms with van der Waals surface area (Å²) < 4.78 is 38.5. The molecule has 0 saturated carbocycles. The van der Waals surface area contributed by atoms with Crippen LogP contribution in [0.15, 0.2) is 33.6 Å². The van der Waals surface area contributed by atoms with Crippen molar-refractivity contribution in [3.63, 3.8) is 0 Å². The van der Waals surface area contributed by atoms with Gasteiger partial charge in [0.05, 0.1) is 18.1 Å². The summed E-state index contributed by atoms with van der Waals surface area (Å²) in [5.41, 5.74) is 0.791. The first kappa shape index (κ1) is 16.1. The van der Waals surface area contributed by atoms with Crippen molar-refractivity contribution in [2.75, 3.05) is 19.8 Å². The molecule has 1 fully saturated rings. The monoisotopic (exact) mass is 337 g/mol. The fourth-order valence-corrected chi connectivity index (χ4v) is 4.54. The zero-order valence-corrected chi connectivity index (χ0v) is 13.9. The van der Waals surface area contributed by atoms with E-state index in [0.717, 1.165) is 5.56 Å². The van der Waals surface area contributed by atoms with Crippen molar-refractivity contribution in [1.29, 1.82) is 0 Å². The van der Waals surface area contributed by atoms with Gasteiger partial charge in [-0.3, -0.25) is 0 Å². The minimum absolute atomic E-state index is 0.204. The Morgan fingerprint density at radius 3 is 2.78 bits per heavy atom. The predicted molar refractivity (Wildman–Crippen MR) is 82.3 cm³/mol. The van der Waals surface area contributed by atoms with Gasteiger partial charge in [0, 0.05) is 13.5 Å². The molecule has 1 saturated heterocycles. The van der Waals surface area contributed by atoms with Crippen LogP contribution in [0.2, 0.25) is 0 Å². The number of hydrogen-bond acceptors (Lipinski definition) is 6. The standard InChI is InChI=1S/C15H19N3O4S/c1-3-12-6-4-5-7-14(12)23(19,20)18-8-9-21-10-13(18)15-17-16-11(2)22-15/h4-7,13H,3,8-10H2,1-2H3. The maximum absolute atomic E-state index is 13.1. The summed E-state index contributed by atoms with van der Waals surface area (Å²) in [6, 6.07) is 6.45. The van der Waals surface area contributed by atoms with Crippen LogP contribution in [-0.4, -0.2) is 42.7 Å². The molecule has 7 nitrogen and oxygen atoms in total. The van der Waals surface area contributed by atoms with E-state index in [1.54, 1.807) is 19.1 Å². The van der Waals surface area contributed by atoms with E-state index >= 15 is 0 Å². The summed E-state index contributed by atoms with van der Waals surface area (Å²) in [6.45, 7) is 4.41. The molecule has 1 aliphatic rings. The summed E-state index contributed by atoms with van der Waals surface area (Å²) in [7, 11) is -3.67. The van der Waals surface area contributed by atoms with Crippen LogP contribution >= 0.6 is 0 Å². The quantitative estimate of drug-likeness (QED) is 0.844. The van der Waals surface area contributed by atoms with Gasteiger partial charge >= 0.3 is 0 Å². The number of aromatic nitrogens is 2. The smallest absolute Gasteiger partial charge is 0.244 e. The highest BCUT2D eigenvalue weighted by atomic mass is 32.2. The van der Waals surface area contributed by atoms with Crippen LogP contribution in [0.3, 0.4) is 0 Å². The molecule has 1 aromatic carbocycles. The predicted octanol–water partition coefficient (Wildman–Crippen LogP) is 1.70. The summed E-state index contributed by atoms with van der Waals surface area (Å²) in [5, 5.41) is 7.76. The van der Waals surface area contributed by atoms with Crippen molar-refractivity contribution in [3.8, 4) is 0 Å². The molecule has 1 aliphatic heterocycles. The van der Waals surface area contributed by atoms with Gasteiger partial charge in [-0.1, -0.05) is 25.1 Å². The van der Waals surface area contributed by atoms with Crippen LogP contribution in [0.5, 0.6) is 0 Å². The number of ether oxygens (including phenoxy) is 1. The zero-order valence-electron chi connectivity index (χ0n) is 13.1. The van der Waals surface area contributed by atoms with Gasteiger partial charge in [-0.05, 0) is 18.1 Å². The van der Waals surface area contributed by atoms with E-state index in [1.807, 2.05) is 19.1 Å². The minimum Gasteiger partial charge on any atom is -0.424 e. The summed E-state index contributed by atoms with van der Waals surface area (Å²) in [5.74, 6) is 0.664. The molecule has 0 N–H and O–H groups in total. The number of morpholine rings is 1. The number of aryl methyl sites for hydroxylation is 2. The molecule has 124 valence electrons. The van der Waals surface area contributed by atoms with E-state index in [0.29, 0.717) is 23.8 Å². The van der Waals surface area contributed by atoms with Crippen molar-refractivity contribution in [3.05, 3.63) is 41.6 Å².